The first-order chi connectivity index (χ1) is 13.5. The lowest BCUT2D eigenvalue weighted by molar-refractivity contribution is -0.117. The highest BCUT2D eigenvalue weighted by molar-refractivity contribution is 5.92. The smallest absolute Gasteiger partial charge is 0.244 e. The number of amides is 1. The molecule has 142 valence electrons. The van der Waals surface area contributed by atoms with Gasteiger partial charge in [0.05, 0.1) is 6.04 Å². The number of hydrogen-bond acceptors (Lipinski definition) is 3. The zero-order chi connectivity index (χ0) is 19.9. The van der Waals surface area contributed by atoms with Crippen LogP contribution in [0.4, 0.5) is 8.78 Å². The number of nitrogens with one attached hydrogen (secondary N) is 1. The van der Waals surface area contributed by atoms with Crippen LogP contribution in [0.3, 0.4) is 0 Å². The third-order valence-electron chi connectivity index (χ3n) is 3.98. The van der Waals surface area contributed by atoms with Crippen molar-refractivity contribution in [1.29, 1.82) is 0 Å². The van der Waals surface area contributed by atoms with Crippen molar-refractivity contribution >= 4 is 12.0 Å². The molecule has 0 bridgehead atoms. The fourth-order valence-corrected chi connectivity index (χ4v) is 2.55. The van der Waals surface area contributed by atoms with E-state index in [1.165, 1.54) is 6.07 Å². The second-order valence-corrected chi connectivity index (χ2v) is 6.04. The van der Waals surface area contributed by atoms with Crippen molar-refractivity contribution in [3.05, 3.63) is 95.7 Å². The minimum absolute atomic E-state index is 0.254. The molecule has 0 aliphatic heterocycles. The van der Waals surface area contributed by atoms with E-state index in [9.17, 15) is 13.6 Å². The predicted octanol–water partition coefficient (Wildman–Crippen LogP) is 5.04. The van der Waals surface area contributed by atoms with Crippen LogP contribution in [0.2, 0.25) is 0 Å². The first-order valence-corrected chi connectivity index (χ1v) is 8.64. The van der Waals surface area contributed by atoms with Gasteiger partial charge in [0.25, 0.3) is 0 Å². The van der Waals surface area contributed by atoms with Crippen LogP contribution in [0.1, 0.15) is 24.1 Å². The summed E-state index contributed by atoms with van der Waals surface area (Å²) in [6.45, 7) is 1.80. The van der Waals surface area contributed by atoms with Gasteiger partial charge in [-0.05, 0) is 48.9 Å². The number of halogens is 2. The maximum Gasteiger partial charge on any atom is 0.244 e. The lowest BCUT2D eigenvalue weighted by Crippen LogP contribution is -2.24. The molecule has 4 nitrogen and oxygen atoms in total. The fourth-order valence-electron chi connectivity index (χ4n) is 2.55. The van der Waals surface area contributed by atoms with Gasteiger partial charge in [-0.15, -0.1) is 0 Å². The molecule has 6 heteroatoms. The van der Waals surface area contributed by atoms with Crippen LogP contribution in [0.5, 0.6) is 11.6 Å². The zero-order valence-electron chi connectivity index (χ0n) is 15.1. The molecule has 1 N–H and O–H groups in total. The Kier molecular flexibility index (Phi) is 6.11. The number of carbonyl (C=O) groups excluding carboxylic acids is 1. The molecule has 2 aromatic carbocycles. The number of carbonyl (C=O) groups is 1. The predicted molar refractivity (Wildman–Crippen MR) is 103 cm³/mol. The number of hydrogen-bond donors (Lipinski definition) is 1. The maximum absolute atomic E-state index is 13.6. The van der Waals surface area contributed by atoms with Gasteiger partial charge in [0.2, 0.25) is 11.8 Å². The second-order valence-electron chi connectivity index (χ2n) is 6.04. The van der Waals surface area contributed by atoms with Gasteiger partial charge in [0, 0.05) is 23.9 Å². The summed E-state index contributed by atoms with van der Waals surface area (Å²) in [5, 5.41) is 2.75. The van der Waals surface area contributed by atoms with Gasteiger partial charge in [0.1, 0.15) is 17.4 Å². The van der Waals surface area contributed by atoms with E-state index in [0.29, 0.717) is 11.6 Å². The molecule has 3 rings (SSSR count). The molecule has 0 spiro atoms. The monoisotopic (exact) mass is 380 g/mol. The van der Waals surface area contributed by atoms with Crippen LogP contribution in [-0.4, -0.2) is 10.9 Å². The number of pyridine rings is 1. The highest BCUT2D eigenvalue weighted by Gasteiger charge is 2.10. The molecule has 1 atom stereocenters. The van der Waals surface area contributed by atoms with E-state index in [2.05, 4.69) is 10.3 Å². The average molecular weight is 380 g/mol. The minimum atomic E-state index is -0.725. The zero-order valence-corrected chi connectivity index (χ0v) is 15.1. The summed E-state index contributed by atoms with van der Waals surface area (Å²) in [6.07, 6.45) is 3.85. The third-order valence-corrected chi connectivity index (χ3v) is 3.98. The number of benzene rings is 2. The SMILES string of the molecule is CC(NC(=O)/C=C/c1c(F)cccc1F)c1cccc(Oc2ccccn2)c1. The number of ether oxygens (including phenoxy) is 1. The summed E-state index contributed by atoms with van der Waals surface area (Å²) in [6, 6.07) is 15.8. The lowest BCUT2D eigenvalue weighted by Gasteiger charge is -2.14. The van der Waals surface area contributed by atoms with Crippen molar-refractivity contribution in [3.63, 3.8) is 0 Å². The molecule has 0 fully saturated rings. The van der Waals surface area contributed by atoms with Crippen molar-refractivity contribution in [1.82, 2.24) is 10.3 Å². The summed E-state index contributed by atoms with van der Waals surface area (Å²) >= 11 is 0. The van der Waals surface area contributed by atoms with E-state index in [1.54, 1.807) is 43.5 Å². The molecule has 0 aliphatic rings. The van der Waals surface area contributed by atoms with Gasteiger partial charge in [-0.1, -0.05) is 24.3 Å². The van der Waals surface area contributed by atoms with E-state index in [0.717, 1.165) is 29.8 Å². The van der Waals surface area contributed by atoms with Crippen molar-refractivity contribution < 1.29 is 18.3 Å². The molecule has 28 heavy (non-hydrogen) atoms. The molecule has 1 unspecified atom stereocenters. The quantitative estimate of drug-likeness (QED) is 0.610. The molecule has 0 aliphatic carbocycles. The van der Waals surface area contributed by atoms with E-state index in [-0.39, 0.29) is 11.6 Å². The first kappa shape index (κ1) is 19.2. The van der Waals surface area contributed by atoms with Crippen LogP contribution in [0.25, 0.3) is 6.08 Å². The van der Waals surface area contributed by atoms with Crippen LogP contribution < -0.4 is 10.1 Å². The summed E-state index contributed by atoms with van der Waals surface area (Å²) in [7, 11) is 0. The molecular formula is C22H18F2N2O2. The molecular weight excluding hydrogens is 362 g/mol. The first-order valence-electron chi connectivity index (χ1n) is 8.64. The largest absolute Gasteiger partial charge is 0.439 e. The van der Waals surface area contributed by atoms with E-state index in [4.69, 9.17) is 4.74 Å². The fraction of sp³-hybridized carbons (Fsp3) is 0.0909. The molecule has 3 aromatic rings. The molecule has 0 saturated heterocycles. The van der Waals surface area contributed by atoms with Crippen molar-refractivity contribution in [2.24, 2.45) is 0 Å². The normalized spacial score (nSPS) is 12.0. The Morgan fingerprint density at radius 1 is 1.07 bits per heavy atom. The van der Waals surface area contributed by atoms with E-state index >= 15 is 0 Å². The molecule has 1 aromatic heterocycles. The molecule has 1 heterocycles. The van der Waals surface area contributed by atoms with E-state index in [1.807, 2.05) is 12.1 Å². The molecule has 1 amide bonds. The summed E-state index contributed by atoms with van der Waals surface area (Å²) in [5.41, 5.74) is 0.559. The van der Waals surface area contributed by atoms with Crippen molar-refractivity contribution in [2.75, 3.05) is 0 Å². The highest BCUT2D eigenvalue weighted by atomic mass is 19.1. The highest BCUT2D eigenvalue weighted by Crippen LogP contribution is 2.23. The summed E-state index contributed by atoms with van der Waals surface area (Å²) in [5.74, 6) is -0.869. The minimum Gasteiger partial charge on any atom is -0.439 e. The van der Waals surface area contributed by atoms with Gasteiger partial charge in [-0.3, -0.25) is 4.79 Å². The van der Waals surface area contributed by atoms with Crippen LogP contribution >= 0.6 is 0 Å². The van der Waals surface area contributed by atoms with Gasteiger partial charge in [-0.25, -0.2) is 13.8 Å². The Morgan fingerprint density at radius 3 is 2.54 bits per heavy atom. The number of aromatic nitrogens is 1. The summed E-state index contributed by atoms with van der Waals surface area (Å²) in [4.78, 5) is 16.2. The average Bonchev–Trinajstić information content (AvgIpc) is 2.68. The third kappa shape index (κ3) is 5.01. The van der Waals surface area contributed by atoms with Gasteiger partial charge < -0.3 is 10.1 Å². The Balaban J connectivity index is 1.65. The number of nitrogens with zero attached hydrogens (tertiary/aromatic N) is 1. The van der Waals surface area contributed by atoms with Crippen molar-refractivity contribution in [3.8, 4) is 11.6 Å². The van der Waals surface area contributed by atoms with Gasteiger partial charge in [-0.2, -0.15) is 0 Å². The lowest BCUT2D eigenvalue weighted by atomic mass is 10.1. The van der Waals surface area contributed by atoms with Crippen LogP contribution in [0.15, 0.2) is 72.9 Å². The van der Waals surface area contributed by atoms with Crippen molar-refractivity contribution in [2.45, 2.75) is 13.0 Å². The molecule has 0 saturated carbocycles. The standard InChI is InChI=1S/C22H18F2N2O2/c1-15(26-21(27)12-11-18-19(23)8-5-9-20(18)24)16-6-4-7-17(14-16)28-22-10-2-3-13-25-22/h2-15H,1H3,(H,26,27)/b12-11+. The Hall–Kier alpha value is -3.54. The second kappa shape index (κ2) is 8.90. The molecule has 0 radical (unpaired) electrons. The summed E-state index contributed by atoms with van der Waals surface area (Å²) < 4.78 is 32.9. The van der Waals surface area contributed by atoms with Gasteiger partial charge in [0.15, 0.2) is 0 Å². The Labute approximate surface area is 161 Å². The van der Waals surface area contributed by atoms with E-state index < -0.39 is 17.5 Å². The van der Waals surface area contributed by atoms with Crippen LogP contribution in [0, 0.1) is 11.6 Å². The van der Waals surface area contributed by atoms with Crippen LogP contribution in [-0.2, 0) is 4.79 Å². The topological polar surface area (TPSA) is 51.2 Å². The Morgan fingerprint density at radius 2 is 1.82 bits per heavy atom. The number of rotatable bonds is 6. The Bertz CT molecular complexity index is 971. The maximum atomic E-state index is 13.6. The van der Waals surface area contributed by atoms with Gasteiger partial charge >= 0.3 is 0 Å².